The Morgan fingerprint density at radius 2 is 1.90 bits per heavy atom. The molecule has 1 saturated carbocycles. The minimum absolute atomic E-state index is 0.616. The molecule has 2 unspecified atom stereocenters. The molecule has 2 atom stereocenters. The van der Waals surface area contributed by atoms with Gasteiger partial charge in [-0.2, -0.15) is 0 Å². The Morgan fingerprint density at radius 3 is 2.71 bits per heavy atom. The van der Waals surface area contributed by atoms with Crippen LogP contribution >= 0.6 is 0 Å². The molecule has 2 aromatic rings. The van der Waals surface area contributed by atoms with Gasteiger partial charge >= 0.3 is 0 Å². The Morgan fingerprint density at radius 1 is 1.10 bits per heavy atom. The first-order valence-electron chi connectivity index (χ1n) is 8.34. The quantitative estimate of drug-likeness (QED) is 0.920. The summed E-state index contributed by atoms with van der Waals surface area (Å²) >= 11 is 0. The molecule has 0 spiro atoms. The van der Waals surface area contributed by atoms with E-state index >= 15 is 0 Å². The van der Waals surface area contributed by atoms with E-state index in [0.717, 1.165) is 19.0 Å². The molecule has 0 aromatic heterocycles. The van der Waals surface area contributed by atoms with E-state index in [0.29, 0.717) is 12.1 Å². The molecule has 2 nitrogen and oxygen atoms in total. The van der Waals surface area contributed by atoms with E-state index in [-0.39, 0.29) is 0 Å². The summed E-state index contributed by atoms with van der Waals surface area (Å²) in [5.41, 5.74) is 1.42. The minimum Gasteiger partial charge on any atom is -0.365 e. The van der Waals surface area contributed by atoms with Gasteiger partial charge in [-0.3, -0.25) is 0 Å². The van der Waals surface area contributed by atoms with E-state index in [2.05, 4.69) is 59.6 Å². The normalized spacial score (nSPS) is 26.2. The second-order valence-corrected chi connectivity index (χ2v) is 6.56. The minimum atomic E-state index is 0.616. The molecule has 0 radical (unpaired) electrons. The summed E-state index contributed by atoms with van der Waals surface area (Å²) in [5, 5.41) is 6.54. The SMILES string of the molecule is CCC1CNC(C2CC2)CN1c1cccc2ccccc12. The summed E-state index contributed by atoms with van der Waals surface area (Å²) in [6.07, 6.45) is 4.03. The fourth-order valence-corrected chi connectivity index (χ4v) is 3.76. The number of hydrogen-bond donors (Lipinski definition) is 1. The maximum Gasteiger partial charge on any atom is 0.0449 e. The summed E-state index contributed by atoms with van der Waals surface area (Å²) in [4.78, 5) is 2.67. The average Bonchev–Trinajstić information content (AvgIpc) is 3.39. The van der Waals surface area contributed by atoms with Crippen LogP contribution in [0.3, 0.4) is 0 Å². The summed E-state index contributed by atoms with van der Waals surface area (Å²) < 4.78 is 0. The second kappa shape index (κ2) is 5.34. The van der Waals surface area contributed by atoms with Gasteiger partial charge in [0.25, 0.3) is 0 Å². The van der Waals surface area contributed by atoms with Crippen molar-refractivity contribution in [1.82, 2.24) is 5.32 Å². The lowest BCUT2D eigenvalue weighted by Crippen LogP contribution is -2.57. The van der Waals surface area contributed by atoms with Crippen LogP contribution in [0, 0.1) is 5.92 Å². The molecule has 2 aromatic carbocycles. The zero-order chi connectivity index (χ0) is 14.2. The predicted molar refractivity (Wildman–Crippen MR) is 89.9 cm³/mol. The van der Waals surface area contributed by atoms with Crippen molar-refractivity contribution in [1.29, 1.82) is 0 Å². The first-order chi connectivity index (χ1) is 10.4. The number of anilines is 1. The van der Waals surface area contributed by atoms with Crippen molar-refractivity contribution in [3.63, 3.8) is 0 Å². The number of fused-ring (bicyclic) bond motifs is 1. The van der Waals surface area contributed by atoms with Crippen LogP contribution in [0.4, 0.5) is 5.69 Å². The molecular weight excluding hydrogens is 256 g/mol. The topological polar surface area (TPSA) is 15.3 Å². The fraction of sp³-hybridized carbons (Fsp3) is 0.474. The zero-order valence-electron chi connectivity index (χ0n) is 12.8. The van der Waals surface area contributed by atoms with Gasteiger partial charge in [-0.1, -0.05) is 43.3 Å². The van der Waals surface area contributed by atoms with Crippen LogP contribution in [-0.4, -0.2) is 25.2 Å². The van der Waals surface area contributed by atoms with Gasteiger partial charge in [-0.25, -0.2) is 0 Å². The van der Waals surface area contributed by atoms with Crippen molar-refractivity contribution in [3.8, 4) is 0 Å². The highest BCUT2D eigenvalue weighted by Crippen LogP contribution is 2.37. The number of benzene rings is 2. The highest BCUT2D eigenvalue weighted by atomic mass is 15.2. The fourth-order valence-electron chi connectivity index (χ4n) is 3.76. The van der Waals surface area contributed by atoms with Crippen LogP contribution in [0.2, 0.25) is 0 Å². The Kier molecular flexibility index (Phi) is 3.34. The third-order valence-electron chi connectivity index (χ3n) is 5.19. The molecule has 2 aliphatic rings. The van der Waals surface area contributed by atoms with E-state index in [1.165, 1.54) is 35.7 Å². The molecule has 1 heterocycles. The molecule has 4 rings (SSSR count). The maximum absolute atomic E-state index is 3.79. The lowest BCUT2D eigenvalue weighted by atomic mass is 10.0. The lowest BCUT2D eigenvalue weighted by molar-refractivity contribution is 0.360. The molecule has 1 aliphatic carbocycles. The molecule has 0 bridgehead atoms. The Hall–Kier alpha value is -1.54. The van der Waals surface area contributed by atoms with Crippen LogP contribution in [0.25, 0.3) is 10.8 Å². The molecule has 2 heteroatoms. The first kappa shape index (κ1) is 13.1. The summed E-state index contributed by atoms with van der Waals surface area (Å²) in [6, 6.07) is 16.8. The molecule has 1 N–H and O–H groups in total. The van der Waals surface area contributed by atoms with E-state index in [1.54, 1.807) is 0 Å². The number of nitrogens with zero attached hydrogens (tertiary/aromatic N) is 1. The number of rotatable bonds is 3. The van der Waals surface area contributed by atoms with Crippen LogP contribution < -0.4 is 10.2 Å². The molecule has 110 valence electrons. The largest absolute Gasteiger partial charge is 0.365 e. The van der Waals surface area contributed by atoms with Crippen molar-refractivity contribution < 1.29 is 0 Å². The molecular formula is C19H24N2. The predicted octanol–water partition coefficient (Wildman–Crippen LogP) is 3.81. The first-order valence-corrected chi connectivity index (χ1v) is 8.34. The van der Waals surface area contributed by atoms with Crippen molar-refractivity contribution in [2.45, 2.75) is 38.3 Å². The third-order valence-corrected chi connectivity index (χ3v) is 5.19. The molecule has 1 aliphatic heterocycles. The second-order valence-electron chi connectivity index (χ2n) is 6.56. The van der Waals surface area contributed by atoms with Crippen molar-refractivity contribution in [2.75, 3.05) is 18.0 Å². The van der Waals surface area contributed by atoms with E-state index in [1.807, 2.05) is 0 Å². The van der Waals surface area contributed by atoms with Crippen molar-refractivity contribution >= 4 is 16.5 Å². The van der Waals surface area contributed by atoms with E-state index in [4.69, 9.17) is 0 Å². The Bertz CT molecular complexity index is 627. The van der Waals surface area contributed by atoms with Gasteiger partial charge in [0.15, 0.2) is 0 Å². The monoisotopic (exact) mass is 280 g/mol. The lowest BCUT2D eigenvalue weighted by Gasteiger charge is -2.42. The maximum atomic E-state index is 3.79. The van der Waals surface area contributed by atoms with Crippen LogP contribution in [0.15, 0.2) is 42.5 Å². The summed E-state index contributed by atoms with van der Waals surface area (Å²) in [7, 11) is 0. The summed E-state index contributed by atoms with van der Waals surface area (Å²) in [5.74, 6) is 0.917. The van der Waals surface area contributed by atoms with E-state index in [9.17, 15) is 0 Å². The zero-order valence-corrected chi connectivity index (χ0v) is 12.8. The van der Waals surface area contributed by atoms with Gasteiger partial charge in [0.1, 0.15) is 0 Å². The van der Waals surface area contributed by atoms with Crippen LogP contribution in [0.5, 0.6) is 0 Å². The van der Waals surface area contributed by atoms with Crippen LogP contribution in [-0.2, 0) is 0 Å². The molecule has 1 saturated heterocycles. The molecule has 21 heavy (non-hydrogen) atoms. The average molecular weight is 280 g/mol. The standard InChI is InChI=1S/C19H24N2/c1-2-16-12-20-18(15-10-11-15)13-21(16)19-9-5-7-14-6-3-4-8-17(14)19/h3-9,15-16,18,20H,2,10-13H2,1H3. The third kappa shape index (κ3) is 2.42. The van der Waals surface area contributed by atoms with Gasteiger partial charge in [0.05, 0.1) is 0 Å². The van der Waals surface area contributed by atoms with Gasteiger partial charge in [0, 0.05) is 36.2 Å². The smallest absolute Gasteiger partial charge is 0.0449 e. The molecule has 0 amide bonds. The highest BCUT2D eigenvalue weighted by molar-refractivity contribution is 5.94. The molecule has 2 fully saturated rings. The van der Waals surface area contributed by atoms with Crippen LogP contribution in [0.1, 0.15) is 26.2 Å². The number of piperazine rings is 1. The van der Waals surface area contributed by atoms with Gasteiger partial charge < -0.3 is 10.2 Å². The van der Waals surface area contributed by atoms with Gasteiger partial charge in [-0.05, 0) is 36.6 Å². The summed E-state index contributed by atoms with van der Waals surface area (Å²) in [6.45, 7) is 4.60. The van der Waals surface area contributed by atoms with Crippen molar-refractivity contribution in [2.24, 2.45) is 5.92 Å². The Balaban J connectivity index is 1.73. The van der Waals surface area contributed by atoms with Gasteiger partial charge in [0.2, 0.25) is 0 Å². The van der Waals surface area contributed by atoms with E-state index < -0.39 is 0 Å². The van der Waals surface area contributed by atoms with Gasteiger partial charge in [-0.15, -0.1) is 0 Å². The number of nitrogens with one attached hydrogen (secondary N) is 1. The van der Waals surface area contributed by atoms with Crippen molar-refractivity contribution in [3.05, 3.63) is 42.5 Å². The number of hydrogen-bond acceptors (Lipinski definition) is 2. The highest BCUT2D eigenvalue weighted by Gasteiger charge is 2.37. The Labute approximate surface area is 127 Å².